The highest BCUT2D eigenvalue weighted by Gasteiger charge is 2.36. The van der Waals surface area contributed by atoms with Crippen LogP contribution in [0.25, 0.3) is 0 Å². The average Bonchev–Trinajstić information content (AvgIpc) is 2.82. The second-order valence-corrected chi connectivity index (χ2v) is 8.16. The third-order valence-electron chi connectivity index (χ3n) is 4.42. The Morgan fingerprint density at radius 3 is 2.73 bits per heavy atom. The zero-order valence-corrected chi connectivity index (χ0v) is 13.8. The summed E-state index contributed by atoms with van der Waals surface area (Å²) in [7, 11) is -3.12. The van der Waals surface area contributed by atoms with E-state index in [1.54, 1.807) is 0 Å². The molecule has 1 atom stereocenters. The molecule has 0 aliphatic carbocycles. The lowest BCUT2D eigenvalue weighted by molar-refractivity contribution is 0.256. The minimum absolute atomic E-state index is 0.0588. The van der Waals surface area contributed by atoms with Gasteiger partial charge in [-0.25, -0.2) is 22.7 Å². The third-order valence-corrected chi connectivity index (χ3v) is 5.66. The molecule has 0 amide bonds. The molecular formula is C14H22N4O3S. The minimum Gasteiger partial charge on any atom is -0.394 e. The van der Waals surface area contributed by atoms with E-state index >= 15 is 0 Å². The van der Waals surface area contributed by atoms with Gasteiger partial charge >= 0.3 is 0 Å². The van der Waals surface area contributed by atoms with E-state index in [-0.39, 0.29) is 18.6 Å². The zero-order chi connectivity index (χ0) is 15.9. The number of aliphatic hydroxyl groups is 1. The zero-order valence-electron chi connectivity index (χ0n) is 12.9. The fourth-order valence-corrected chi connectivity index (χ4v) is 4.00. The Morgan fingerprint density at radius 2 is 2.09 bits per heavy atom. The number of sulfonamides is 1. The summed E-state index contributed by atoms with van der Waals surface area (Å²) in [4.78, 5) is 11.2. The molecule has 0 unspecified atom stereocenters. The summed E-state index contributed by atoms with van der Waals surface area (Å²) in [5, 5.41) is 9.47. The van der Waals surface area contributed by atoms with E-state index in [4.69, 9.17) is 0 Å². The Morgan fingerprint density at radius 1 is 1.36 bits per heavy atom. The predicted molar refractivity (Wildman–Crippen MR) is 83.4 cm³/mol. The first kappa shape index (κ1) is 15.6. The lowest BCUT2D eigenvalue weighted by Gasteiger charge is -2.36. The van der Waals surface area contributed by atoms with Gasteiger partial charge in [0.15, 0.2) is 0 Å². The Kier molecular flexibility index (Phi) is 4.09. The molecule has 0 bridgehead atoms. The molecule has 0 spiro atoms. The molecular weight excluding hydrogens is 304 g/mol. The fraction of sp³-hybridized carbons (Fsp3) is 0.714. The van der Waals surface area contributed by atoms with Crippen LogP contribution in [0.1, 0.15) is 30.3 Å². The Bertz CT molecular complexity index is 658. The van der Waals surface area contributed by atoms with Crippen LogP contribution in [0.2, 0.25) is 0 Å². The monoisotopic (exact) mass is 326 g/mol. The van der Waals surface area contributed by atoms with E-state index in [9.17, 15) is 13.5 Å². The average molecular weight is 326 g/mol. The van der Waals surface area contributed by atoms with Crippen molar-refractivity contribution in [3.05, 3.63) is 17.6 Å². The predicted octanol–water partition coefficient (Wildman–Crippen LogP) is 0.105. The van der Waals surface area contributed by atoms with Gasteiger partial charge in [0.2, 0.25) is 10.0 Å². The van der Waals surface area contributed by atoms with Crippen molar-refractivity contribution in [3.63, 3.8) is 0 Å². The van der Waals surface area contributed by atoms with E-state index in [0.29, 0.717) is 18.9 Å². The Balaban J connectivity index is 1.80. The van der Waals surface area contributed by atoms with Crippen LogP contribution >= 0.6 is 0 Å². The fourth-order valence-electron chi connectivity index (χ4n) is 3.10. The second kappa shape index (κ2) is 5.75. The minimum atomic E-state index is -3.12. The standard InChI is InChI=1S/C14H22N4O3S/c1-10-6-13(18-5-3-4-12(18)9-19)16-14(15-10)11-7-17(8-11)22(2,20)21/h6,11-12,19H,3-5,7-9H2,1-2H3/t12-/m1/s1. The van der Waals surface area contributed by atoms with Crippen molar-refractivity contribution in [3.8, 4) is 0 Å². The molecule has 22 heavy (non-hydrogen) atoms. The molecule has 8 heteroatoms. The summed E-state index contributed by atoms with van der Waals surface area (Å²) in [6, 6.07) is 2.06. The van der Waals surface area contributed by atoms with Gasteiger partial charge in [-0.2, -0.15) is 0 Å². The van der Waals surface area contributed by atoms with E-state index < -0.39 is 10.0 Å². The van der Waals surface area contributed by atoms with E-state index in [1.807, 2.05) is 13.0 Å². The van der Waals surface area contributed by atoms with Crippen molar-refractivity contribution in [2.75, 3.05) is 37.4 Å². The molecule has 2 aliphatic heterocycles. The summed E-state index contributed by atoms with van der Waals surface area (Å²) >= 11 is 0. The topological polar surface area (TPSA) is 86.6 Å². The van der Waals surface area contributed by atoms with Gasteiger partial charge in [-0.05, 0) is 19.8 Å². The molecule has 0 radical (unpaired) electrons. The molecule has 3 rings (SSSR count). The summed E-state index contributed by atoms with van der Waals surface area (Å²) in [5.41, 5.74) is 0.876. The highest BCUT2D eigenvalue weighted by molar-refractivity contribution is 7.88. The number of hydrogen-bond donors (Lipinski definition) is 1. The van der Waals surface area contributed by atoms with Gasteiger partial charge in [0.25, 0.3) is 0 Å². The number of aromatic nitrogens is 2. The SMILES string of the molecule is Cc1cc(N2CCC[C@@H]2CO)nc(C2CN(S(C)(=O)=O)C2)n1. The van der Waals surface area contributed by atoms with Crippen molar-refractivity contribution in [2.45, 2.75) is 31.7 Å². The summed E-state index contributed by atoms with van der Waals surface area (Å²) < 4.78 is 24.4. The van der Waals surface area contributed by atoms with Crippen LogP contribution in [-0.4, -0.2) is 66.3 Å². The number of hydrogen-bond acceptors (Lipinski definition) is 6. The Labute approximate surface area is 131 Å². The number of nitrogens with zero attached hydrogens (tertiary/aromatic N) is 4. The van der Waals surface area contributed by atoms with E-state index in [2.05, 4.69) is 14.9 Å². The lowest BCUT2D eigenvalue weighted by Crippen LogP contribution is -2.48. The number of anilines is 1. The van der Waals surface area contributed by atoms with Crippen LogP contribution in [0.15, 0.2) is 6.07 Å². The van der Waals surface area contributed by atoms with Gasteiger partial charge in [-0.3, -0.25) is 0 Å². The summed E-state index contributed by atoms with van der Waals surface area (Å²) in [6.07, 6.45) is 3.25. The van der Waals surface area contributed by atoms with Gasteiger partial charge < -0.3 is 10.0 Å². The van der Waals surface area contributed by atoms with Gasteiger partial charge in [-0.1, -0.05) is 0 Å². The van der Waals surface area contributed by atoms with E-state index in [0.717, 1.165) is 30.9 Å². The molecule has 122 valence electrons. The molecule has 1 aromatic heterocycles. The second-order valence-electron chi connectivity index (χ2n) is 6.17. The molecule has 2 saturated heterocycles. The largest absolute Gasteiger partial charge is 0.394 e. The van der Waals surface area contributed by atoms with Crippen LogP contribution in [0, 0.1) is 6.92 Å². The lowest BCUT2D eigenvalue weighted by atomic mass is 10.0. The molecule has 0 aromatic carbocycles. The molecule has 0 saturated carbocycles. The van der Waals surface area contributed by atoms with Crippen molar-refractivity contribution >= 4 is 15.8 Å². The van der Waals surface area contributed by atoms with Crippen LogP contribution in [0.5, 0.6) is 0 Å². The van der Waals surface area contributed by atoms with Gasteiger partial charge in [-0.15, -0.1) is 0 Å². The summed E-state index contributed by atoms with van der Waals surface area (Å²) in [6.45, 7) is 3.84. The number of rotatable bonds is 4. The highest BCUT2D eigenvalue weighted by atomic mass is 32.2. The first-order valence-electron chi connectivity index (χ1n) is 7.56. The third kappa shape index (κ3) is 2.95. The van der Waals surface area contributed by atoms with Crippen LogP contribution < -0.4 is 4.90 Å². The number of aliphatic hydroxyl groups excluding tert-OH is 1. The van der Waals surface area contributed by atoms with Crippen molar-refractivity contribution in [2.24, 2.45) is 0 Å². The molecule has 1 N–H and O–H groups in total. The van der Waals surface area contributed by atoms with Crippen LogP contribution in [0.4, 0.5) is 5.82 Å². The highest BCUT2D eigenvalue weighted by Crippen LogP contribution is 2.30. The van der Waals surface area contributed by atoms with Crippen LogP contribution in [0.3, 0.4) is 0 Å². The smallest absolute Gasteiger partial charge is 0.211 e. The molecule has 3 heterocycles. The Hall–Kier alpha value is -1.25. The maximum atomic E-state index is 11.5. The van der Waals surface area contributed by atoms with Gasteiger partial charge in [0, 0.05) is 37.3 Å². The first-order chi connectivity index (χ1) is 10.4. The van der Waals surface area contributed by atoms with Crippen molar-refractivity contribution in [1.82, 2.24) is 14.3 Å². The normalized spacial score (nSPS) is 23.8. The van der Waals surface area contributed by atoms with Gasteiger partial charge in [0.1, 0.15) is 11.6 Å². The van der Waals surface area contributed by atoms with Gasteiger partial charge in [0.05, 0.1) is 18.9 Å². The van der Waals surface area contributed by atoms with Crippen LogP contribution in [-0.2, 0) is 10.0 Å². The molecule has 1 aromatic rings. The number of aryl methyl sites for hydroxylation is 1. The molecule has 2 aliphatic rings. The maximum Gasteiger partial charge on any atom is 0.211 e. The van der Waals surface area contributed by atoms with Crippen molar-refractivity contribution < 1.29 is 13.5 Å². The molecule has 7 nitrogen and oxygen atoms in total. The maximum absolute atomic E-state index is 11.5. The molecule has 2 fully saturated rings. The summed E-state index contributed by atoms with van der Waals surface area (Å²) in [5.74, 6) is 1.61. The first-order valence-corrected chi connectivity index (χ1v) is 9.41. The van der Waals surface area contributed by atoms with Crippen molar-refractivity contribution in [1.29, 1.82) is 0 Å². The quantitative estimate of drug-likeness (QED) is 0.845. The van der Waals surface area contributed by atoms with E-state index in [1.165, 1.54) is 10.6 Å².